The standard InChI is InChI=1S/C17H11BrFN5S/c18-14-5-1-12(2-6-14)17(16-9-20-23-25-16,24-10-21-22-11-24)13-3-7-15(19)8-4-13/h1-11H. The van der Waals surface area contributed by atoms with E-state index < -0.39 is 5.54 Å². The first-order chi connectivity index (χ1) is 12.2. The molecule has 25 heavy (non-hydrogen) atoms. The Morgan fingerprint density at radius 1 is 0.880 bits per heavy atom. The van der Waals surface area contributed by atoms with Crippen molar-refractivity contribution in [3.05, 3.63) is 93.7 Å². The van der Waals surface area contributed by atoms with E-state index in [-0.39, 0.29) is 5.82 Å². The molecule has 1 atom stereocenters. The highest BCUT2D eigenvalue weighted by Crippen LogP contribution is 2.41. The lowest BCUT2D eigenvalue weighted by atomic mass is 9.81. The van der Waals surface area contributed by atoms with Crippen molar-refractivity contribution >= 4 is 27.5 Å². The zero-order chi connectivity index (χ0) is 17.3. The molecule has 2 aromatic carbocycles. The van der Waals surface area contributed by atoms with E-state index in [0.29, 0.717) is 0 Å². The summed E-state index contributed by atoms with van der Waals surface area (Å²) >= 11 is 4.76. The van der Waals surface area contributed by atoms with Gasteiger partial charge in [-0.15, -0.1) is 15.3 Å². The lowest BCUT2D eigenvalue weighted by molar-refractivity contribution is 0.519. The maximum Gasteiger partial charge on any atom is 0.135 e. The summed E-state index contributed by atoms with van der Waals surface area (Å²) in [5, 5.41) is 12.0. The predicted octanol–water partition coefficient (Wildman–Crippen LogP) is 3.87. The van der Waals surface area contributed by atoms with E-state index in [1.807, 2.05) is 28.8 Å². The molecule has 8 heteroatoms. The molecule has 0 fully saturated rings. The molecule has 2 heterocycles. The molecule has 0 saturated heterocycles. The summed E-state index contributed by atoms with van der Waals surface area (Å²) < 4.78 is 20.4. The smallest absolute Gasteiger partial charge is 0.135 e. The molecule has 124 valence electrons. The lowest BCUT2D eigenvalue weighted by Gasteiger charge is -2.34. The van der Waals surface area contributed by atoms with Gasteiger partial charge in [-0.05, 0) is 46.9 Å². The molecule has 1 unspecified atom stereocenters. The number of aromatic nitrogens is 5. The summed E-state index contributed by atoms with van der Waals surface area (Å²) in [5.41, 5.74) is 1.04. The minimum absolute atomic E-state index is 0.292. The highest BCUT2D eigenvalue weighted by atomic mass is 79.9. The number of halogens is 2. The third-order valence-corrected chi connectivity index (χ3v) is 5.35. The molecule has 0 saturated carbocycles. The molecule has 0 spiro atoms. The van der Waals surface area contributed by atoms with Crippen LogP contribution in [0.1, 0.15) is 16.0 Å². The summed E-state index contributed by atoms with van der Waals surface area (Å²) in [6.45, 7) is 0. The first-order valence-corrected chi connectivity index (χ1v) is 8.93. The van der Waals surface area contributed by atoms with Crippen molar-refractivity contribution in [1.82, 2.24) is 24.4 Å². The minimum atomic E-state index is -0.786. The van der Waals surface area contributed by atoms with Crippen LogP contribution in [0.5, 0.6) is 0 Å². The summed E-state index contributed by atoms with van der Waals surface area (Å²) in [7, 11) is 0. The van der Waals surface area contributed by atoms with E-state index in [1.165, 1.54) is 23.7 Å². The van der Waals surface area contributed by atoms with Gasteiger partial charge in [0.15, 0.2) is 0 Å². The van der Waals surface area contributed by atoms with Gasteiger partial charge in [0.1, 0.15) is 24.0 Å². The van der Waals surface area contributed by atoms with Crippen LogP contribution in [-0.4, -0.2) is 24.4 Å². The van der Waals surface area contributed by atoms with E-state index in [9.17, 15) is 4.39 Å². The van der Waals surface area contributed by atoms with Crippen molar-refractivity contribution < 1.29 is 4.39 Å². The van der Waals surface area contributed by atoms with Crippen LogP contribution in [0.3, 0.4) is 0 Å². The monoisotopic (exact) mass is 415 g/mol. The zero-order valence-electron chi connectivity index (χ0n) is 12.8. The Kier molecular flexibility index (Phi) is 4.14. The summed E-state index contributed by atoms with van der Waals surface area (Å²) in [5.74, 6) is -0.292. The second kappa shape index (κ2) is 6.45. The topological polar surface area (TPSA) is 56.5 Å². The van der Waals surface area contributed by atoms with Crippen LogP contribution in [0.4, 0.5) is 4.39 Å². The van der Waals surface area contributed by atoms with Gasteiger partial charge >= 0.3 is 0 Å². The summed E-state index contributed by atoms with van der Waals surface area (Å²) in [6.07, 6.45) is 5.01. The fourth-order valence-corrected chi connectivity index (χ4v) is 3.97. The van der Waals surface area contributed by atoms with Crippen LogP contribution in [0.15, 0.2) is 71.9 Å². The Bertz CT molecular complexity index is 872. The largest absolute Gasteiger partial charge is 0.300 e. The number of benzene rings is 2. The van der Waals surface area contributed by atoms with Crippen molar-refractivity contribution in [1.29, 1.82) is 0 Å². The highest BCUT2D eigenvalue weighted by molar-refractivity contribution is 9.10. The van der Waals surface area contributed by atoms with Crippen LogP contribution in [0, 0.1) is 5.82 Å². The molecule has 0 aliphatic carbocycles. The number of rotatable bonds is 4. The quantitative estimate of drug-likeness (QED) is 0.507. The summed E-state index contributed by atoms with van der Waals surface area (Å²) in [4.78, 5) is 0.876. The Hall–Kier alpha value is -2.45. The predicted molar refractivity (Wildman–Crippen MR) is 95.8 cm³/mol. The SMILES string of the molecule is Fc1ccc(C(c2ccc(Br)cc2)(c2cnns2)n2cnnc2)cc1. The second-order valence-corrected chi connectivity index (χ2v) is 7.08. The van der Waals surface area contributed by atoms with Crippen LogP contribution in [0.2, 0.25) is 0 Å². The molecular formula is C17H11BrFN5S. The molecule has 0 amide bonds. The lowest BCUT2D eigenvalue weighted by Crippen LogP contribution is -2.36. The van der Waals surface area contributed by atoms with Gasteiger partial charge in [0.05, 0.1) is 11.1 Å². The maximum absolute atomic E-state index is 13.6. The van der Waals surface area contributed by atoms with Gasteiger partial charge in [-0.1, -0.05) is 44.7 Å². The van der Waals surface area contributed by atoms with E-state index in [4.69, 9.17) is 0 Å². The molecule has 0 aliphatic rings. The van der Waals surface area contributed by atoms with Crippen LogP contribution in [0.25, 0.3) is 0 Å². The Morgan fingerprint density at radius 3 is 2.04 bits per heavy atom. The van der Waals surface area contributed by atoms with Crippen molar-refractivity contribution in [2.75, 3.05) is 0 Å². The maximum atomic E-state index is 13.6. The third kappa shape index (κ3) is 2.67. The van der Waals surface area contributed by atoms with E-state index in [2.05, 4.69) is 35.7 Å². The normalized spacial score (nSPS) is 13.5. The van der Waals surface area contributed by atoms with Gasteiger partial charge < -0.3 is 4.57 Å². The second-order valence-electron chi connectivity index (χ2n) is 5.38. The molecule has 2 aromatic heterocycles. The first kappa shape index (κ1) is 16.0. The molecule has 0 aliphatic heterocycles. The third-order valence-electron chi connectivity index (χ3n) is 4.05. The highest BCUT2D eigenvalue weighted by Gasteiger charge is 2.40. The van der Waals surface area contributed by atoms with E-state index >= 15 is 0 Å². The van der Waals surface area contributed by atoms with Crippen molar-refractivity contribution in [2.45, 2.75) is 5.54 Å². The number of hydrogen-bond donors (Lipinski definition) is 0. The van der Waals surface area contributed by atoms with Crippen molar-refractivity contribution in [3.8, 4) is 0 Å². The Balaban J connectivity index is 2.08. The minimum Gasteiger partial charge on any atom is -0.300 e. The van der Waals surface area contributed by atoms with E-state index in [0.717, 1.165) is 20.5 Å². The van der Waals surface area contributed by atoms with Gasteiger partial charge in [-0.3, -0.25) is 0 Å². The molecule has 0 bridgehead atoms. The van der Waals surface area contributed by atoms with Gasteiger partial charge in [-0.2, -0.15) is 0 Å². The van der Waals surface area contributed by atoms with Crippen molar-refractivity contribution in [2.24, 2.45) is 0 Å². The zero-order valence-corrected chi connectivity index (χ0v) is 15.2. The van der Waals surface area contributed by atoms with Gasteiger partial charge in [0.25, 0.3) is 0 Å². The van der Waals surface area contributed by atoms with Crippen LogP contribution >= 0.6 is 27.5 Å². The first-order valence-electron chi connectivity index (χ1n) is 7.36. The Morgan fingerprint density at radius 2 is 1.48 bits per heavy atom. The summed E-state index contributed by atoms with van der Waals surface area (Å²) in [6, 6.07) is 14.4. The van der Waals surface area contributed by atoms with Gasteiger partial charge in [0.2, 0.25) is 0 Å². The Labute approximate surface area is 155 Å². The fourth-order valence-electron chi connectivity index (χ4n) is 2.96. The van der Waals surface area contributed by atoms with Crippen LogP contribution < -0.4 is 0 Å². The fraction of sp³-hybridized carbons (Fsp3) is 0.0588. The average molecular weight is 416 g/mol. The average Bonchev–Trinajstić information content (AvgIpc) is 3.33. The molecule has 4 aromatic rings. The van der Waals surface area contributed by atoms with Crippen LogP contribution in [-0.2, 0) is 5.54 Å². The number of nitrogens with zero attached hydrogens (tertiary/aromatic N) is 5. The number of hydrogen-bond acceptors (Lipinski definition) is 5. The van der Waals surface area contributed by atoms with E-state index in [1.54, 1.807) is 31.0 Å². The van der Waals surface area contributed by atoms with Crippen molar-refractivity contribution in [3.63, 3.8) is 0 Å². The molecule has 0 N–H and O–H groups in total. The molecule has 5 nitrogen and oxygen atoms in total. The van der Waals surface area contributed by atoms with Gasteiger partial charge in [-0.25, -0.2) is 4.39 Å². The molecule has 0 radical (unpaired) electrons. The molecule has 4 rings (SSSR count). The van der Waals surface area contributed by atoms with Gasteiger partial charge in [0, 0.05) is 4.47 Å². The molecular weight excluding hydrogens is 405 g/mol.